The molecule has 0 atom stereocenters. The summed E-state index contributed by atoms with van der Waals surface area (Å²) in [7, 11) is 3.33. The number of carbonyl (C=O) groups excluding carboxylic acids is 1. The number of nitro groups is 1. The van der Waals surface area contributed by atoms with Gasteiger partial charge in [0.1, 0.15) is 12.0 Å². The summed E-state index contributed by atoms with van der Waals surface area (Å²) in [5, 5.41) is 13.6. The first-order valence-corrected chi connectivity index (χ1v) is 6.71. The molecule has 1 aromatic rings. The molecule has 21 heavy (non-hydrogen) atoms. The Labute approximate surface area is 122 Å². The van der Waals surface area contributed by atoms with E-state index in [1.807, 2.05) is 0 Å². The third-order valence-corrected chi connectivity index (χ3v) is 3.61. The highest BCUT2D eigenvalue weighted by Crippen LogP contribution is 2.22. The molecule has 1 saturated heterocycles. The zero-order valence-corrected chi connectivity index (χ0v) is 12.0. The SMILES string of the molecule is CNc1ncc([N+](=O)[O-])cc1C(=O)N(C)C1CCOCC1. The monoisotopic (exact) mass is 294 g/mol. The van der Waals surface area contributed by atoms with Crippen LogP contribution in [0.15, 0.2) is 12.3 Å². The lowest BCUT2D eigenvalue weighted by Gasteiger charge is -2.31. The van der Waals surface area contributed by atoms with E-state index >= 15 is 0 Å². The number of aromatic nitrogens is 1. The Morgan fingerprint density at radius 3 is 2.76 bits per heavy atom. The van der Waals surface area contributed by atoms with Gasteiger partial charge in [0.15, 0.2) is 0 Å². The number of hydrogen-bond acceptors (Lipinski definition) is 6. The first-order chi connectivity index (χ1) is 10.0. The highest BCUT2D eigenvalue weighted by Gasteiger charge is 2.26. The zero-order chi connectivity index (χ0) is 15.4. The van der Waals surface area contributed by atoms with Crippen LogP contribution in [-0.2, 0) is 4.74 Å². The number of carbonyl (C=O) groups is 1. The highest BCUT2D eigenvalue weighted by molar-refractivity contribution is 5.99. The van der Waals surface area contributed by atoms with E-state index < -0.39 is 4.92 Å². The second-order valence-electron chi connectivity index (χ2n) is 4.86. The van der Waals surface area contributed by atoms with Crippen LogP contribution < -0.4 is 5.32 Å². The lowest BCUT2D eigenvalue weighted by atomic mass is 10.1. The Morgan fingerprint density at radius 1 is 1.52 bits per heavy atom. The lowest BCUT2D eigenvalue weighted by Crippen LogP contribution is -2.40. The number of pyridine rings is 1. The van der Waals surface area contributed by atoms with Crippen molar-refractivity contribution < 1.29 is 14.5 Å². The van der Waals surface area contributed by atoms with Crippen molar-refractivity contribution >= 4 is 17.4 Å². The summed E-state index contributed by atoms with van der Waals surface area (Å²) in [5.41, 5.74) is 0.0124. The minimum Gasteiger partial charge on any atom is -0.381 e. The number of ether oxygens (including phenoxy) is 1. The van der Waals surface area contributed by atoms with Crippen molar-refractivity contribution in [3.63, 3.8) is 0 Å². The first kappa shape index (κ1) is 15.2. The van der Waals surface area contributed by atoms with Gasteiger partial charge in [0.2, 0.25) is 0 Å². The molecule has 0 spiro atoms. The molecule has 1 aliphatic rings. The topological polar surface area (TPSA) is 97.6 Å². The van der Waals surface area contributed by atoms with Crippen molar-refractivity contribution in [2.75, 3.05) is 32.6 Å². The predicted octanol–water partition coefficient (Wildman–Crippen LogP) is 1.28. The standard InChI is InChI=1S/C13H18N4O4/c1-14-12-11(7-10(8-15-12)17(19)20)13(18)16(2)9-3-5-21-6-4-9/h7-9H,3-6H2,1-2H3,(H,14,15). The lowest BCUT2D eigenvalue weighted by molar-refractivity contribution is -0.385. The highest BCUT2D eigenvalue weighted by atomic mass is 16.6. The molecule has 1 amide bonds. The van der Waals surface area contributed by atoms with E-state index in [1.165, 1.54) is 6.07 Å². The maximum atomic E-state index is 12.6. The average Bonchev–Trinajstić information content (AvgIpc) is 2.53. The third-order valence-electron chi connectivity index (χ3n) is 3.61. The van der Waals surface area contributed by atoms with Gasteiger partial charge in [-0.1, -0.05) is 0 Å². The molecule has 1 aliphatic heterocycles. The number of anilines is 1. The maximum absolute atomic E-state index is 12.6. The smallest absolute Gasteiger partial charge is 0.288 e. The van der Waals surface area contributed by atoms with Gasteiger partial charge >= 0.3 is 0 Å². The fraction of sp³-hybridized carbons (Fsp3) is 0.538. The van der Waals surface area contributed by atoms with Crippen LogP contribution in [0.4, 0.5) is 11.5 Å². The van der Waals surface area contributed by atoms with E-state index in [0.29, 0.717) is 19.0 Å². The van der Waals surface area contributed by atoms with Crippen LogP contribution in [-0.4, -0.2) is 54.1 Å². The first-order valence-electron chi connectivity index (χ1n) is 6.71. The summed E-state index contributed by atoms with van der Waals surface area (Å²) in [5.74, 6) is 0.0620. The summed E-state index contributed by atoms with van der Waals surface area (Å²) in [6.45, 7) is 1.24. The minimum atomic E-state index is -0.558. The quantitative estimate of drug-likeness (QED) is 0.663. The largest absolute Gasteiger partial charge is 0.381 e. The molecule has 1 aromatic heterocycles. The molecular formula is C13H18N4O4. The van der Waals surface area contributed by atoms with Crippen LogP contribution in [0.2, 0.25) is 0 Å². The molecule has 1 fully saturated rings. The van der Waals surface area contributed by atoms with Gasteiger partial charge in [-0.05, 0) is 12.8 Å². The summed E-state index contributed by atoms with van der Waals surface area (Å²) in [6.07, 6.45) is 2.66. The van der Waals surface area contributed by atoms with Crippen LogP contribution in [0, 0.1) is 10.1 Å². The van der Waals surface area contributed by atoms with Crippen molar-refractivity contribution in [2.45, 2.75) is 18.9 Å². The van der Waals surface area contributed by atoms with Gasteiger partial charge in [-0.25, -0.2) is 4.98 Å². The molecule has 0 aromatic carbocycles. The Bertz CT molecular complexity index is 543. The molecule has 2 rings (SSSR count). The Balaban J connectivity index is 2.27. The molecule has 0 unspecified atom stereocenters. The average molecular weight is 294 g/mol. The van der Waals surface area contributed by atoms with Gasteiger partial charge in [0.25, 0.3) is 11.6 Å². The number of amides is 1. The number of hydrogen-bond donors (Lipinski definition) is 1. The Morgan fingerprint density at radius 2 is 2.19 bits per heavy atom. The molecule has 0 bridgehead atoms. The van der Waals surface area contributed by atoms with E-state index in [9.17, 15) is 14.9 Å². The van der Waals surface area contributed by atoms with Gasteiger partial charge in [-0.3, -0.25) is 14.9 Å². The van der Waals surface area contributed by atoms with E-state index in [4.69, 9.17) is 4.74 Å². The van der Waals surface area contributed by atoms with Crippen molar-refractivity contribution in [1.82, 2.24) is 9.88 Å². The van der Waals surface area contributed by atoms with Crippen LogP contribution in [0.1, 0.15) is 23.2 Å². The second-order valence-corrected chi connectivity index (χ2v) is 4.86. The molecule has 2 heterocycles. The zero-order valence-electron chi connectivity index (χ0n) is 12.0. The fourth-order valence-corrected chi connectivity index (χ4v) is 2.34. The molecule has 0 radical (unpaired) electrons. The maximum Gasteiger partial charge on any atom is 0.288 e. The number of nitrogens with zero attached hydrogens (tertiary/aromatic N) is 3. The minimum absolute atomic E-state index is 0.0789. The summed E-state index contributed by atoms with van der Waals surface area (Å²) < 4.78 is 5.28. The Hall–Kier alpha value is -2.22. The summed E-state index contributed by atoms with van der Waals surface area (Å²) in [4.78, 5) is 28.4. The molecule has 0 saturated carbocycles. The van der Waals surface area contributed by atoms with Crippen molar-refractivity contribution in [1.29, 1.82) is 0 Å². The van der Waals surface area contributed by atoms with Crippen LogP contribution in [0.3, 0.4) is 0 Å². The Kier molecular flexibility index (Phi) is 4.69. The van der Waals surface area contributed by atoms with Gasteiger partial charge in [0, 0.05) is 39.4 Å². The van der Waals surface area contributed by atoms with Crippen LogP contribution >= 0.6 is 0 Å². The number of nitrogens with one attached hydrogen (secondary N) is 1. The molecule has 0 aliphatic carbocycles. The number of rotatable bonds is 4. The van der Waals surface area contributed by atoms with Crippen molar-refractivity contribution in [3.8, 4) is 0 Å². The summed E-state index contributed by atoms with van der Waals surface area (Å²) >= 11 is 0. The van der Waals surface area contributed by atoms with Crippen molar-refractivity contribution in [3.05, 3.63) is 27.9 Å². The second kappa shape index (κ2) is 6.49. The molecule has 8 heteroatoms. The molecule has 1 N–H and O–H groups in total. The van der Waals surface area contributed by atoms with E-state index in [2.05, 4.69) is 10.3 Å². The third kappa shape index (κ3) is 3.27. The van der Waals surface area contributed by atoms with Crippen LogP contribution in [0.5, 0.6) is 0 Å². The van der Waals surface area contributed by atoms with Gasteiger partial charge in [0.05, 0.1) is 10.5 Å². The molecule has 114 valence electrons. The molecular weight excluding hydrogens is 276 g/mol. The van der Waals surface area contributed by atoms with E-state index in [-0.39, 0.29) is 23.2 Å². The predicted molar refractivity (Wildman–Crippen MR) is 76.4 cm³/mol. The van der Waals surface area contributed by atoms with Gasteiger partial charge in [-0.15, -0.1) is 0 Å². The van der Waals surface area contributed by atoms with Crippen LogP contribution in [0.25, 0.3) is 0 Å². The van der Waals surface area contributed by atoms with Gasteiger partial charge < -0.3 is 15.0 Å². The van der Waals surface area contributed by atoms with E-state index in [1.54, 1.807) is 19.0 Å². The van der Waals surface area contributed by atoms with Gasteiger partial charge in [-0.2, -0.15) is 0 Å². The molecule has 8 nitrogen and oxygen atoms in total. The van der Waals surface area contributed by atoms with Crippen molar-refractivity contribution in [2.24, 2.45) is 0 Å². The fourth-order valence-electron chi connectivity index (χ4n) is 2.34. The van der Waals surface area contributed by atoms with E-state index in [0.717, 1.165) is 19.0 Å². The summed E-state index contributed by atoms with van der Waals surface area (Å²) in [6, 6.07) is 1.34. The normalized spacial score (nSPS) is 15.5.